The number of rotatable bonds is 3. The molecule has 0 saturated heterocycles. The van der Waals surface area contributed by atoms with Gasteiger partial charge in [0.1, 0.15) is 0 Å². The summed E-state index contributed by atoms with van der Waals surface area (Å²) in [6, 6.07) is 0. The van der Waals surface area contributed by atoms with Gasteiger partial charge >= 0.3 is 0 Å². The molecule has 1 nitrogen and oxygen atoms in total. The fourth-order valence-electron chi connectivity index (χ4n) is 1.59. The molecule has 0 aromatic heterocycles. The highest BCUT2D eigenvalue weighted by Crippen LogP contribution is 2.34. The van der Waals surface area contributed by atoms with E-state index < -0.39 is 0 Å². The molecule has 0 aliphatic carbocycles. The topological polar surface area (TPSA) is 12.0 Å². The molecule has 0 fully saturated rings. The Balaban J connectivity index is 5.09. The molecule has 0 amide bonds. The van der Waals surface area contributed by atoms with Gasteiger partial charge in [0, 0.05) is 17.7 Å². The summed E-state index contributed by atoms with van der Waals surface area (Å²) in [5, 5.41) is 3.60. The first-order chi connectivity index (χ1) is 6.60. The minimum atomic E-state index is 0.215. The fraction of sp³-hybridized carbons (Fsp3) is 0.857. The zero-order valence-electron chi connectivity index (χ0n) is 11.9. The van der Waals surface area contributed by atoms with Gasteiger partial charge in [-0.3, -0.25) is 0 Å². The molecule has 90 valence electrons. The Kier molecular flexibility index (Phi) is 4.89. The van der Waals surface area contributed by atoms with Gasteiger partial charge in [-0.05, 0) is 24.3 Å². The van der Waals surface area contributed by atoms with Crippen LogP contribution in [0.5, 0.6) is 0 Å². The minimum absolute atomic E-state index is 0.215. The van der Waals surface area contributed by atoms with E-state index in [0.29, 0.717) is 0 Å². The quantitative estimate of drug-likeness (QED) is 0.731. The Labute approximate surface area is 96.3 Å². The van der Waals surface area contributed by atoms with Crippen molar-refractivity contribution in [2.45, 2.75) is 61.8 Å². The van der Waals surface area contributed by atoms with E-state index in [1.54, 1.807) is 0 Å². The van der Waals surface area contributed by atoms with E-state index in [9.17, 15) is 0 Å². The van der Waals surface area contributed by atoms with E-state index in [1.165, 1.54) is 17.7 Å². The Morgan fingerprint density at radius 1 is 0.933 bits per heavy atom. The summed E-state index contributed by atoms with van der Waals surface area (Å²) in [6.45, 7) is 19.2. The monoisotopic (exact) mass is 211 g/mol. The molecule has 0 spiro atoms. The molecule has 0 saturated carbocycles. The second kappa shape index (κ2) is 5.05. The molecule has 0 aliphatic heterocycles. The van der Waals surface area contributed by atoms with Crippen molar-refractivity contribution in [2.75, 3.05) is 6.54 Å². The van der Waals surface area contributed by atoms with Crippen LogP contribution in [0.3, 0.4) is 0 Å². The average Bonchev–Trinajstić information content (AvgIpc) is 2.00. The smallest absolute Gasteiger partial charge is 0.0156 e. The predicted molar refractivity (Wildman–Crippen MR) is 69.9 cm³/mol. The van der Waals surface area contributed by atoms with Gasteiger partial charge in [-0.25, -0.2) is 0 Å². The van der Waals surface area contributed by atoms with E-state index >= 15 is 0 Å². The lowest BCUT2D eigenvalue weighted by atomic mass is 9.79. The summed E-state index contributed by atoms with van der Waals surface area (Å²) in [4.78, 5) is 0. The summed E-state index contributed by atoms with van der Waals surface area (Å²) >= 11 is 0. The van der Waals surface area contributed by atoms with Gasteiger partial charge in [0.2, 0.25) is 0 Å². The van der Waals surface area contributed by atoms with Crippen molar-refractivity contribution in [1.82, 2.24) is 5.32 Å². The van der Waals surface area contributed by atoms with Gasteiger partial charge in [-0.2, -0.15) is 0 Å². The predicted octanol–water partition coefficient (Wildman–Crippen LogP) is 4.35. The zero-order valence-corrected chi connectivity index (χ0v) is 11.9. The van der Waals surface area contributed by atoms with Gasteiger partial charge < -0.3 is 5.32 Å². The second-order valence-corrected chi connectivity index (χ2v) is 6.43. The first-order valence-electron chi connectivity index (χ1n) is 6.06. The van der Waals surface area contributed by atoms with Crippen molar-refractivity contribution in [2.24, 2.45) is 10.8 Å². The first kappa shape index (κ1) is 14.5. The van der Waals surface area contributed by atoms with Crippen molar-refractivity contribution < 1.29 is 0 Å². The van der Waals surface area contributed by atoms with Crippen molar-refractivity contribution in [3.8, 4) is 0 Å². The van der Waals surface area contributed by atoms with Crippen LogP contribution < -0.4 is 5.32 Å². The molecule has 0 rings (SSSR count). The molecule has 15 heavy (non-hydrogen) atoms. The maximum atomic E-state index is 3.60. The lowest BCUT2D eigenvalue weighted by Gasteiger charge is -2.32. The highest BCUT2D eigenvalue weighted by atomic mass is 14.9. The number of allylic oxidation sites excluding steroid dienone is 2. The van der Waals surface area contributed by atoms with E-state index in [0.717, 1.165) is 6.54 Å². The lowest BCUT2D eigenvalue weighted by Crippen LogP contribution is -2.29. The van der Waals surface area contributed by atoms with E-state index in [2.05, 4.69) is 60.7 Å². The van der Waals surface area contributed by atoms with Gasteiger partial charge in [-0.1, -0.05) is 48.5 Å². The largest absolute Gasteiger partial charge is 0.388 e. The summed E-state index contributed by atoms with van der Waals surface area (Å²) in [5.41, 5.74) is 3.36. The van der Waals surface area contributed by atoms with Gasteiger partial charge in [0.05, 0.1) is 0 Å². The first-order valence-corrected chi connectivity index (χ1v) is 6.06. The third kappa shape index (κ3) is 4.72. The number of hydrogen-bond donors (Lipinski definition) is 1. The molecule has 0 bridgehead atoms. The Bertz CT molecular complexity index is 223. The number of hydrogen-bond acceptors (Lipinski definition) is 1. The Morgan fingerprint density at radius 2 is 1.40 bits per heavy atom. The molecule has 0 heterocycles. The molecule has 0 atom stereocenters. The van der Waals surface area contributed by atoms with Crippen LogP contribution in [0.1, 0.15) is 61.8 Å². The van der Waals surface area contributed by atoms with Crippen LogP contribution in [-0.4, -0.2) is 6.54 Å². The molecular formula is C14H29N. The third-order valence-electron chi connectivity index (χ3n) is 2.80. The van der Waals surface area contributed by atoms with Gasteiger partial charge in [-0.15, -0.1) is 0 Å². The van der Waals surface area contributed by atoms with Crippen LogP contribution in [0.2, 0.25) is 0 Å². The van der Waals surface area contributed by atoms with Crippen LogP contribution in [0.4, 0.5) is 0 Å². The molecule has 1 heteroatoms. The van der Waals surface area contributed by atoms with Gasteiger partial charge in [0.25, 0.3) is 0 Å². The normalized spacial score (nSPS) is 14.9. The van der Waals surface area contributed by atoms with Crippen molar-refractivity contribution in [1.29, 1.82) is 0 Å². The average molecular weight is 211 g/mol. The zero-order chi connectivity index (χ0) is 12.3. The molecule has 0 radical (unpaired) electrons. The number of nitrogens with one attached hydrogen (secondary N) is 1. The van der Waals surface area contributed by atoms with Crippen LogP contribution >= 0.6 is 0 Å². The molecule has 1 N–H and O–H groups in total. The fourth-order valence-corrected chi connectivity index (χ4v) is 1.59. The van der Waals surface area contributed by atoms with Crippen LogP contribution in [0, 0.1) is 10.8 Å². The van der Waals surface area contributed by atoms with Crippen molar-refractivity contribution in [3.05, 3.63) is 11.3 Å². The highest BCUT2D eigenvalue weighted by Gasteiger charge is 2.24. The molecular weight excluding hydrogens is 182 g/mol. The summed E-state index contributed by atoms with van der Waals surface area (Å²) < 4.78 is 0. The highest BCUT2D eigenvalue weighted by molar-refractivity contribution is 5.21. The maximum Gasteiger partial charge on any atom is 0.0156 e. The van der Waals surface area contributed by atoms with Gasteiger partial charge in [0.15, 0.2) is 0 Å². The van der Waals surface area contributed by atoms with E-state index in [-0.39, 0.29) is 10.8 Å². The Morgan fingerprint density at radius 3 is 1.67 bits per heavy atom. The van der Waals surface area contributed by atoms with E-state index in [1.807, 2.05) is 0 Å². The van der Waals surface area contributed by atoms with Crippen molar-refractivity contribution >= 4 is 0 Å². The molecule has 0 unspecified atom stereocenters. The summed E-state index contributed by atoms with van der Waals surface area (Å²) in [6.07, 6.45) is 1.18. The molecule has 0 aromatic carbocycles. The Hall–Kier alpha value is -0.460. The van der Waals surface area contributed by atoms with Crippen LogP contribution in [0.15, 0.2) is 11.3 Å². The molecule has 0 aromatic rings. The third-order valence-corrected chi connectivity index (χ3v) is 2.80. The van der Waals surface area contributed by atoms with Crippen molar-refractivity contribution in [3.63, 3.8) is 0 Å². The second-order valence-electron chi connectivity index (χ2n) is 6.43. The lowest BCUT2D eigenvalue weighted by molar-refractivity contribution is 0.413. The van der Waals surface area contributed by atoms with Crippen LogP contribution in [0.25, 0.3) is 0 Å². The summed E-state index contributed by atoms with van der Waals surface area (Å²) in [5.74, 6) is 0. The summed E-state index contributed by atoms with van der Waals surface area (Å²) in [7, 11) is 0. The minimum Gasteiger partial charge on any atom is -0.388 e. The van der Waals surface area contributed by atoms with Crippen LogP contribution in [-0.2, 0) is 0 Å². The maximum absolute atomic E-state index is 3.60. The standard InChI is InChI=1S/C14H29N/c1-9-10-15-12(14(6,7)8)11(2)13(3,4)5/h15H,9-10H2,1-8H3/b12-11+. The van der Waals surface area contributed by atoms with E-state index in [4.69, 9.17) is 0 Å². The molecule has 0 aliphatic rings. The SMILES string of the molecule is CCCN/C(=C(\C)C(C)(C)C)C(C)(C)C.